The van der Waals surface area contributed by atoms with Crippen LogP contribution < -0.4 is 5.73 Å². The lowest BCUT2D eigenvalue weighted by molar-refractivity contribution is -0.184. The largest absolute Gasteiger partial charge is 0.367 e. The number of rotatable bonds is 3. The summed E-state index contributed by atoms with van der Waals surface area (Å²) in [6.45, 7) is 12.8. The Labute approximate surface area is 112 Å². The van der Waals surface area contributed by atoms with Crippen molar-refractivity contribution in [3.8, 4) is 0 Å². The van der Waals surface area contributed by atoms with Gasteiger partial charge in [0.25, 0.3) is 0 Å². The molecule has 0 atom stereocenters. The molecule has 1 saturated heterocycles. The summed E-state index contributed by atoms with van der Waals surface area (Å²) in [5.41, 5.74) is 6.35. The lowest BCUT2D eigenvalue weighted by atomic mass is 9.84. The van der Waals surface area contributed by atoms with E-state index >= 15 is 0 Å². The molecule has 2 rings (SSSR count). The van der Waals surface area contributed by atoms with E-state index in [1.165, 1.54) is 25.7 Å². The van der Waals surface area contributed by atoms with Gasteiger partial charge in [-0.2, -0.15) is 0 Å². The van der Waals surface area contributed by atoms with E-state index in [0.29, 0.717) is 5.41 Å². The molecule has 1 aliphatic heterocycles. The van der Waals surface area contributed by atoms with Crippen LogP contribution in [0.2, 0.25) is 0 Å². The minimum absolute atomic E-state index is 0.0455. The first kappa shape index (κ1) is 14.3. The first-order valence-corrected chi connectivity index (χ1v) is 7.39. The van der Waals surface area contributed by atoms with E-state index < -0.39 is 0 Å². The Hall–Kier alpha value is -0.120. The molecule has 106 valence electrons. The second-order valence-electron chi connectivity index (χ2n) is 7.68. The lowest BCUT2D eigenvalue weighted by Crippen LogP contribution is -2.59. The van der Waals surface area contributed by atoms with Crippen molar-refractivity contribution in [3.63, 3.8) is 0 Å². The van der Waals surface area contributed by atoms with Crippen LogP contribution in [-0.4, -0.2) is 42.3 Å². The van der Waals surface area contributed by atoms with Crippen molar-refractivity contribution in [1.82, 2.24) is 4.90 Å². The van der Waals surface area contributed by atoms with Crippen LogP contribution in [0.5, 0.6) is 0 Å². The molecule has 3 nitrogen and oxygen atoms in total. The zero-order valence-electron chi connectivity index (χ0n) is 12.6. The highest BCUT2D eigenvalue weighted by molar-refractivity contribution is 4.94. The minimum Gasteiger partial charge on any atom is -0.367 e. The summed E-state index contributed by atoms with van der Waals surface area (Å²) in [5.74, 6) is 0. The van der Waals surface area contributed by atoms with Crippen molar-refractivity contribution >= 4 is 0 Å². The average molecular weight is 254 g/mol. The van der Waals surface area contributed by atoms with E-state index in [4.69, 9.17) is 10.5 Å². The van der Waals surface area contributed by atoms with Crippen LogP contribution in [0.25, 0.3) is 0 Å². The predicted molar refractivity (Wildman–Crippen MR) is 75.6 cm³/mol. The lowest BCUT2D eigenvalue weighted by Gasteiger charge is -2.49. The second-order valence-corrected chi connectivity index (χ2v) is 7.68. The maximum absolute atomic E-state index is 6.15. The van der Waals surface area contributed by atoms with E-state index in [9.17, 15) is 0 Å². The first-order valence-electron chi connectivity index (χ1n) is 7.39. The van der Waals surface area contributed by atoms with Crippen molar-refractivity contribution < 1.29 is 4.74 Å². The van der Waals surface area contributed by atoms with Crippen molar-refractivity contribution in [1.29, 1.82) is 0 Å². The molecule has 0 bridgehead atoms. The molecule has 1 heterocycles. The quantitative estimate of drug-likeness (QED) is 0.840. The SMILES string of the molecule is CC1(C)CN(CC2(CN)CCCC2)CC(C)(C)O1. The molecule has 2 fully saturated rings. The third-order valence-electron chi connectivity index (χ3n) is 4.42. The van der Waals surface area contributed by atoms with Gasteiger partial charge in [-0.1, -0.05) is 12.8 Å². The normalized spacial score (nSPS) is 30.5. The molecular weight excluding hydrogens is 224 g/mol. The van der Waals surface area contributed by atoms with E-state index in [-0.39, 0.29) is 11.2 Å². The molecule has 0 unspecified atom stereocenters. The molecule has 0 radical (unpaired) electrons. The standard InChI is InChI=1S/C15H30N2O/c1-13(2)10-17(11-14(3,4)18-13)12-15(9-16)7-5-6-8-15/h5-12,16H2,1-4H3. The monoisotopic (exact) mass is 254 g/mol. The molecule has 18 heavy (non-hydrogen) atoms. The Morgan fingerprint density at radius 3 is 1.94 bits per heavy atom. The van der Waals surface area contributed by atoms with Gasteiger partial charge in [-0.25, -0.2) is 0 Å². The van der Waals surface area contributed by atoms with E-state index in [1.54, 1.807) is 0 Å². The smallest absolute Gasteiger partial charge is 0.0760 e. The topological polar surface area (TPSA) is 38.5 Å². The Morgan fingerprint density at radius 1 is 1.00 bits per heavy atom. The Balaban J connectivity index is 2.04. The molecule has 0 aromatic rings. The summed E-state index contributed by atoms with van der Waals surface area (Å²) in [4.78, 5) is 2.58. The maximum Gasteiger partial charge on any atom is 0.0760 e. The van der Waals surface area contributed by atoms with Crippen LogP contribution in [0.15, 0.2) is 0 Å². The van der Waals surface area contributed by atoms with Gasteiger partial charge in [0, 0.05) is 19.6 Å². The fourth-order valence-electron chi connectivity index (χ4n) is 4.08. The van der Waals surface area contributed by atoms with Gasteiger partial charge in [0.2, 0.25) is 0 Å². The molecule has 1 saturated carbocycles. The molecule has 3 heteroatoms. The highest BCUT2D eigenvalue weighted by atomic mass is 16.5. The predicted octanol–water partition coefficient (Wildman–Crippen LogP) is 2.39. The third-order valence-corrected chi connectivity index (χ3v) is 4.42. The Bertz CT molecular complexity index is 277. The summed E-state index contributed by atoms with van der Waals surface area (Å²) < 4.78 is 6.15. The highest BCUT2D eigenvalue weighted by Gasteiger charge is 2.42. The molecule has 2 aliphatic rings. The molecule has 0 aromatic heterocycles. The summed E-state index contributed by atoms with van der Waals surface area (Å²) in [6.07, 6.45) is 5.33. The third kappa shape index (κ3) is 3.25. The number of nitrogens with two attached hydrogens (primary N) is 1. The van der Waals surface area contributed by atoms with Crippen LogP contribution >= 0.6 is 0 Å². The molecule has 0 aromatic carbocycles. The van der Waals surface area contributed by atoms with Crippen LogP contribution in [0.3, 0.4) is 0 Å². The highest BCUT2D eigenvalue weighted by Crippen LogP contribution is 2.39. The number of morpholine rings is 1. The van der Waals surface area contributed by atoms with Crippen molar-refractivity contribution in [2.24, 2.45) is 11.1 Å². The number of hydrogen-bond acceptors (Lipinski definition) is 3. The average Bonchev–Trinajstić information content (AvgIpc) is 2.61. The zero-order valence-corrected chi connectivity index (χ0v) is 12.6. The fourth-order valence-corrected chi connectivity index (χ4v) is 4.08. The van der Waals surface area contributed by atoms with Crippen LogP contribution in [0.1, 0.15) is 53.4 Å². The van der Waals surface area contributed by atoms with Gasteiger partial charge in [-0.05, 0) is 52.5 Å². The summed E-state index contributed by atoms with van der Waals surface area (Å²) in [5, 5.41) is 0. The van der Waals surface area contributed by atoms with Crippen LogP contribution in [0, 0.1) is 5.41 Å². The summed E-state index contributed by atoms with van der Waals surface area (Å²) >= 11 is 0. The molecule has 2 N–H and O–H groups in total. The summed E-state index contributed by atoms with van der Waals surface area (Å²) in [7, 11) is 0. The first-order chi connectivity index (χ1) is 8.26. The second kappa shape index (κ2) is 4.77. The van der Waals surface area contributed by atoms with Gasteiger partial charge < -0.3 is 10.5 Å². The van der Waals surface area contributed by atoms with Crippen molar-refractivity contribution in [2.75, 3.05) is 26.2 Å². The van der Waals surface area contributed by atoms with Gasteiger partial charge in [-0.3, -0.25) is 4.90 Å². The van der Waals surface area contributed by atoms with E-state index in [1.807, 2.05) is 0 Å². The molecule has 0 spiro atoms. The summed E-state index contributed by atoms with van der Waals surface area (Å²) in [6, 6.07) is 0. The maximum atomic E-state index is 6.15. The van der Waals surface area contributed by atoms with E-state index in [0.717, 1.165) is 26.2 Å². The Morgan fingerprint density at radius 2 is 1.50 bits per heavy atom. The van der Waals surface area contributed by atoms with Crippen LogP contribution in [0.4, 0.5) is 0 Å². The number of nitrogens with zero attached hydrogens (tertiary/aromatic N) is 1. The molecule has 0 amide bonds. The van der Waals surface area contributed by atoms with Crippen molar-refractivity contribution in [2.45, 2.75) is 64.6 Å². The van der Waals surface area contributed by atoms with Gasteiger partial charge in [0.1, 0.15) is 0 Å². The molecule has 1 aliphatic carbocycles. The zero-order chi connectivity index (χ0) is 13.4. The minimum atomic E-state index is -0.0455. The molecular formula is C15H30N2O. The number of hydrogen-bond donors (Lipinski definition) is 1. The van der Waals surface area contributed by atoms with Crippen LogP contribution in [-0.2, 0) is 4.74 Å². The van der Waals surface area contributed by atoms with Gasteiger partial charge >= 0.3 is 0 Å². The van der Waals surface area contributed by atoms with Crippen molar-refractivity contribution in [3.05, 3.63) is 0 Å². The van der Waals surface area contributed by atoms with Gasteiger partial charge in [-0.15, -0.1) is 0 Å². The fraction of sp³-hybridized carbons (Fsp3) is 1.00. The Kier molecular flexibility index (Phi) is 3.79. The van der Waals surface area contributed by atoms with Gasteiger partial charge in [0.15, 0.2) is 0 Å². The van der Waals surface area contributed by atoms with E-state index in [2.05, 4.69) is 32.6 Å². The number of ether oxygens (including phenoxy) is 1. The van der Waals surface area contributed by atoms with Gasteiger partial charge in [0.05, 0.1) is 11.2 Å².